The van der Waals surface area contributed by atoms with Crippen molar-refractivity contribution in [3.8, 4) is 21.7 Å². The molecule has 0 spiro atoms. The lowest BCUT2D eigenvalue weighted by molar-refractivity contribution is -0.137. The second-order valence-corrected chi connectivity index (χ2v) is 7.56. The zero-order valence-electron chi connectivity index (χ0n) is 12.8. The third kappa shape index (κ3) is 3.80. The zero-order chi connectivity index (χ0) is 18.2. The highest BCUT2D eigenvalue weighted by Crippen LogP contribution is 2.42. The van der Waals surface area contributed by atoms with E-state index in [-0.39, 0.29) is 5.69 Å². The second kappa shape index (κ2) is 6.68. The molecular formula is C17H11F4NOS2. The summed E-state index contributed by atoms with van der Waals surface area (Å²) in [5.74, 6) is -0.480. The molecule has 0 aliphatic heterocycles. The molecule has 0 amide bonds. The van der Waals surface area contributed by atoms with E-state index in [1.54, 1.807) is 24.3 Å². The fourth-order valence-electron chi connectivity index (χ4n) is 2.24. The molecule has 3 aromatic rings. The maximum absolute atomic E-state index is 13.1. The van der Waals surface area contributed by atoms with E-state index in [1.807, 2.05) is 0 Å². The van der Waals surface area contributed by atoms with Crippen molar-refractivity contribution in [3.05, 3.63) is 59.4 Å². The van der Waals surface area contributed by atoms with Gasteiger partial charge in [-0.1, -0.05) is 12.1 Å². The Morgan fingerprint density at radius 2 is 1.52 bits per heavy atom. The number of hydrogen-bond acceptors (Lipinski definition) is 3. The largest absolute Gasteiger partial charge is 0.443 e. The van der Waals surface area contributed by atoms with Crippen molar-refractivity contribution < 1.29 is 21.8 Å². The zero-order valence-corrected chi connectivity index (χ0v) is 14.4. The molecule has 0 radical (unpaired) electrons. The van der Waals surface area contributed by atoms with Crippen LogP contribution in [-0.4, -0.2) is 15.4 Å². The van der Waals surface area contributed by atoms with E-state index in [2.05, 4.69) is 4.98 Å². The topological polar surface area (TPSA) is 30.0 Å². The third-order valence-corrected chi connectivity index (χ3v) is 5.52. The van der Waals surface area contributed by atoms with Crippen LogP contribution in [0.4, 0.5) is 17.6 Å². The van der Waals surface area contributed by atoms with Crippen LogP contribution < -0.4 is 0 Å². The van der Waals surface area contributed by atoms with Gasteiger partial charge in [0.2, 0.25) is 0 Å². The van der Waals surface area contributed by atoms with E-state index in [0.717, 1.165) is 0 Å². The molecule has 0 saturated heterocycles. The number of hydrogen-bond donors (Lipinski definition) is 0. The van der Waals surface area contributed by atoms with Crippen LogP contribution in [0.15, 0.2) is 53.4 Å². The van der Waals surface area contributed by atoms with Gasteiger partial charge in [0.1, 0.15) is 5.82 Å². The molecule has 0 bridgehead atoms. The number of nitrogens with zero attached hydrogens (tertiary/aromatic N) is 1. The predicted octanol–water partition coefficient (Wildman–Crippen LogP) is 5.37. The molecule has 1 heterocycles. The Labute approximate surface area is 147 Å². The van der Waals surface area contributed by atoms with Crippen molar-refractivity contribution in [2.75, 3.05) is 6.26 Å². The summed E-state index contributed by atoms with van der Waals surface area (Å²) in [7, 11) is -1.18. The van der Waals surface area contributed by atoms with Crippen LogP contribution in [-0.2, 0) is 17.0 Å². The SMILES string of the molecule is CS(=O)c1ccc(-c2sc(C(F)(F)F)nc2-c2ccc(F)cc2)cc1. The minimum Gasteiger partial charge on any atom is -0.255 e. The summed E-state index contributed by atoms with van der Waals surface area (Å²) in [4.78, 5) is 4.63. The number of aromatic nitrogens is 1. The first-order valence-corrected chi connectivity index (χ1v) is 9.41. The van der Waals surface area contributed by atoms with Gasteiger partial charge in [-0.25, -0.2) is 9.37 Å². The van der Waals surface area contributed by atoms with Crippen LogP contribution in [0.2, 0.25) is 0 Å². The first kappa shape index (κ1) is 17.8. The van der Waals surface area contributed by atoms with Crippen molar-refractivity contribution >= 4 is 22.1 Å². The summed E-state index contributed by atoms with van der Waals surface area (Å²) in [6.45, 7) is 0. The molecule has 8 heteroatoms. The Balaban J connectivity index is 2.15. The summed E-state index contributed by atoms with van der Waals surface area (Å²) >= 11 is 0.527. The summed E-state index contributed by atoms with van der Waals surface area (Å²) < 4.78 is 63.9. The summed E-state index contributed by atoms with van der Waals surface area (Å²) in [5, 5.41) is -0.968. The Hall–Kier alpha value is -2.06. The molecule has 130 valence electrons. The van der Waals surface area contributed by atoms with Crippen LogP contribution in [0, 0.1) is 5.82 Å². The molecular weight excluding hydrogens is 374 g/mol. The fourth-order valence-corrected chi connectivity index (χ4v) is 3.72. The van der Waals surface area contributed by atoms with E-state index < -0.39 is 27.8 Å². The highest BCUT2D eigenvalue weighted by Gasteiger charge is 2.36. The minimum atomic E-state index is -4.57. The highest BCUT2D eigenvalue weighted by molar-refractivity contribution is 7.84. The Bertz CT molecular complexity index is 915. The molecule has 2 nitrogen and oxygen atoms in total. The van der Waals surface area contributed by atoms with Gasteiger partial charge in [-0.15, -0.1) is 11.3 Å². The molecule has 0 N–H and O–H groups in total. The van der Waals surface area contributed by atoms with Gasteiger partial charge in [0.15, 0.2) is 5.01 Å². The summed E-state index contributed by atoms with van der Waals surface area (Å²) in [6.07, 6.45) is -3.05. The van der Waals surface area contributed by atoms with Gasteiger partial charge < -0.3 is 0 Å². The van der Waals surface area contributed by atoms with Crippen molar-refractivity contribution in [2.24, 2.45) is 0 Å². The number of halogens is 4. The predicted molar refractivity (Wildman–Crippen MR) is 90.3 cm³/mol. The molecule has 1 aromatic heterocycles. The van der Waals surface area contributed by atoms with Crippen LogP contribution in [0.25, 0.3) is 21.7 Å². The quantitative estimate of drug-likeness (QED) is 0.567. The van der Waals surface area contributed by atoms with Crippen molar-refractivity contribution in [2.45, 2.75) is 11.1 Å². The van der Waals surface area contributed by atoms with Crippen LogP contribution in [0.5, 0.6) is 0 Å². The number of rotatable bonds is 3. The van der Waals surface area contributed by atoms with Gasteiger partial charge >= 0.3 is 6.18 Å². The Kier molecular flexibility index (Phi) is 4.75. The van der Waals surface area contributed by atoms with Crippen molar-refractivity contribution in [1.29, 1.82) is 0 Å². The Morgan fingerprint density at radius 1 is 0.960 bits per heavy atom. The molecule has 0 aliphatic carbocycles. The first-order valence-electron chi connectivity index (χ1n) is 7.03. The van der Waals surface area contributed by atoms with Crippen LogP contribution >= 0.6 is 11.3 Å². The molecule has 3 rings (SSSR count). The smallest absolute Gasteiger partial charge is 0.255 e. The molecule has 25 heavy (non-hydrogen) atoms. The van der Waals surface area contributed by atoms with Gasteiger partial charge in [0, 0.05) is 27.5 Å². The number of benzene rings is 2. The van der Waals surface area contributed by atoms with E-state index in [4.69, 9.17) is 0 Å². The van der Waals surface area contributed by atoms with Gasteiger partial charge in [-0.3, -0.25) is 4.21 Å². The average molecular weight is 385 g/mol. The van der Waals surface area contributed by atoms with E-state index in [9.17, 15) is 21.8 Å². The van der Waals surface area contributed by atoms with Crippen LogP contribution in [0.1, 0.15) is 5.01 Å². The van der Waals surface area contributed by atoms with Crippen molar-refractivity contribution in [1.82, 2.24) is 4.98 Å². The van der Waals surface area contributed by atoms with Gasteiger partial charge in [-0.2, -0.15) is 13.2 Å². The summed E-state index contributed by atoms with van der Waals surface area (Å²) in [5.41, 5.74) is 1.07. The van der Waals surface area contributed by atoms with E-state index in [0.29, 0.717) is 32.2 Å². The summed E-state index contributed by atoms with van der Waals surface area (Å²) in [6, 6.07) is 11.6. The molecule has 0 aliphatic rings. The maximum Gasteiger partial charge on any atom is 0.443 e. The average Bonchev–Trinajstić information content (AvgIpc) is 3.01. The van der Waals surface area contributed by atoms with Gasteiger partial charge in [-0.05, 0) is 42.0 Å². The second-order valence-electron chi connectivity index (χ2n) is 5.18. The lowest BCUT2D eigenvalue weighted by Crippen LogP contribution is -2.03. The maximum atomic E-state index is 13.1. The molecule has 1 unspecified atom stereocenters. The molecule has 1 atom stereocenters. The number of thiazole rings is 1. The monoisotopic (exact) mass is 385 g/mol. The lowest BCUT2D eigenvalue weighted by Gasteiger charge is -2.04. The van der Waals surface area contributed by atoms with E-state index >= 15 is 0 Å². The van der Waals surface area contributed by atoms with Gasteiger partial charge in [0.25, 0.3) is 0 Å². The molecule has 2 aromatic carbocycles. The highest BCUT2D eigenvalue weighted by atomic mass is 32.2. The van der Waals surface area contributed by atoms with Gasteiger partial charge in [0.05, 0.1) is 10.6 Å². The third-order valence-electron chi connectivity index (χ3n) is 3.44. The standard InChI is InChI=1S/C17H11F4NOS2/c1-25(23)13-8-4-11(5-9-13)15-14(10-2-6-12(18)7-3-10)22-16(24-15)17(19,20)21/h2-9H,1H3. The normalized spacial score (nSPS) is 13.0. The lowest BCUT2D eigenvalue weighted by atomic mass is 10.1. The van der Waals surface area contributed by atoms with E-state index in [1.165, 1.54) is 30.5 Å². The number of alkyl halides is 3. The molecule has 0 fully saturated rings. The minimum absolute atomic E-state index is 0.141. The fraction of sp³-hybridized carbons (Fsp3) is 0.118. The Morgan fingerprint density at radius 3 is 2.04 bits per heavy atom. The van der Waals surface area contributed by atoms with Crippen molar-refractivity contribution in [3.63, 3.8) is 0 Å². The molecule has 0 saturated carbocycles. The first-order chi connectivity index (χ1) is 11.8. The van der Waals surface area contributed by atoms with Crippen LogP contribution in [0.3, 0.4) is 0 Å².